The number of nitrogens with one attached hydrogen (secondary N) is 1. The minimum absolute atomic E-state index is 0.0177. The normalized spacial score (nSPS) is 9.73. The van der Waals surface area contributed by atoms with Crippen LogP contribution in [0.2, 0.25) is 0 Å². The Morgan fingerprint density at radius 1 is 1.20 bits per heavy atom. The molecule has 0 bridgehead atoms. The molecule has 88 valence electrons. The third kappa shape index (κ3) is 6.69. The van der Waals surface area contributed by atoms with Gasteiger partial charge in [0.05, 0.1) is 13.2 Å². The summed E-state index contributed by atoms with van der Waals surface area (Å²) in [4.78, 5) is 5.33. The monoisotopic (exact) mass is 217 g/mol. The molecule has 0 unspecified atom stereocenters. The Balaban J connectivity index is 4.20. The van der Waals surface area contributed by atoms with Gasteiger partial charge in [0.15, 0.2) is 5.96 Å². The van der Waals surface area contributed by atoms with Crippen LogP contribution in [0.3, 0.4) is 0 Å². The molecule has 0 amide bonds. The lowest BCUT2D eigenvalue weighted by molar-refractivity contribution is 0.145. The average Bonchev–Trinajstić information content (AvgIpc) is 2.17. The first-order valence-electron chi connectivity index (χ1n) is 4.52. The number of aliphatic imine (C=N–C) groups is 1. The number of nitrogens with two attached hydrogens (primary N) is 2. The van der Waals surface area contributed by atoms with E-state index in [1.807, 2.05) is 0 Å². The SMILES string of the molecule is COCCN(CCOC)C(=N)N=C(N)N. The first-order chi connectivity index (χ1) is 7.11. The molecule has 0 rings (SSSR count). The van der Waals surface area contributed by atoms with E-state index in [1.54, 1.807) is 19.1 Å². The van der Waals surface area contributed by atoms with Crippen LogP contribution in [0, 0.1) is 5.41 Å². The van der Waals surface area contributed by atoms with Crippen molar-refractivity contribution < 1.29 is 9.47 Å². The Kier molecular flexibility index (Phi) is 7.29. The summed E-state index contributed by atoms with van der Waals surface area (Å²) >= 11 is 0. The summed E-state index contributed by atoms with van der Waals surface area (Å²) in [6.07, 6.45) is 0. The van der Waals surface area contributed by atoms with Gasteiger partial charge in [0.25, 0.3) is 0 Å². The largest absolute Gasteiger partial charge is 0.383 e. The minimum Gasteiger partial charge on any atom is -0.383 e. The zero-order chi connectivity index (χ0) is 11.7. The molecule has 0 fully saturated rings. The molecule has 0 aliphatic rings. The third-order valence-corrected chi connectivity index (χ3v) is 1.67. The van der Waals surface area contributed by atoms with Crippen molar-refractivity contribution in [3.05, 3.63) is 0 Å². The van der Waals surface area contributed by atoms with Crippen molar-refractivity contribution in [1.82, 2.24) is 4.90 Å². The van der Waals surface area contributed by atoms with Crippen molar-refractivity contribution in [2.75, 3.05) is 40.5 Å². The molecule has 0 aromatic carbocycles. The highest BCUT2D eigenvalue weighted by molar-refractivity contribution is 5.91. The molecular weight excluding hydrogens is 198 g/mol. The Labute approximate surface area is 89.5 Å². The van der Waals surface area contributed by atoms with Crippen molar-refractivity contribution in [2.45, 2.75) is 0 Å². The van der Waals surface area contributed by atoms with E-state index in [9.17, 15) is 0 Å². The fraction of sp³-hybridized carbons (Fsp3) is 0.750. The van der Waals surface area contributed by atoms with Crippen LogP contribution in [0.5, 0.6) is 0 Å². The molecule has 7 heteroatoms. The lowest BCUT2D eigenvalue weighted by Gasteiger charge is -2.21. The lowest BCUT2D eigenvalue weighted by Crippen LogP contribution is -2.37. The van der Waals surface area contributed by atoms with Crippen molar-refractivity contribution in [3.63, 3.8) is 0 Å². The molecule has 7 nitrogen and oxygen atoms in total. The van der Waals surface area contributed by atoms with Gasteiger partial charge in [-0.1, -0.05) is 0 Å². The Morgan fingerprint density at radius 2 is 1.67 bits per heavy atom. The Bertz CT molecular complexity index is 207. The Hall–Kier alpha value is -1.34. The predicted molar refractivity (Wildman–Crippen MR) is 58.9 cm³/mol. The highest BCUT2D eigenvalue weighted by Gasteiger charge is 2.08. The third-order valence-electron chi connectivity index (χ3n) is 1.67. The van der Waals surface area contributed by atoms with E-state index in [2.05, 4.69) is 4.99 Å². The number of methoxy groups -OCH3 is 2. The average molecular weight is 217 g/mol. The molecule has 0 saturated heterocycles. The first-order valence-corrected chi connectivity index (χ1v) is 4.52. The number of rotatable bonds is 6. The van der Waals surface area contributed by atoms with Crippen LogP contribution < -0.4 is 11.5 Å². The van der Waals surface area contributed by atoms with Crippen LogP contribution in [-0.2, 0) is 9.47 Å². The fourth-order valence-electron chi connectivity index (χ4n) is 0.920. The zero-order valence-corrected chi connectivity index (χ0v) is 9.19. The number of ether oxygens (including phenoxy) is 2. The molecule has 0 aromatic heterocycles. The molecule has 0 heterocycles. The van der Waals surface area contributed by atoms with Crippen LogP contribution in [0.4, 0.5) is 0 Å². The van der Waals surface area contributed by atoms with Gasteiger partial charge in [0, 0.05) is 27.3 Å². The maximum atomic E-state index is 7.60. The second-order valence-electron chi connectivity index (χ2n) is 2.83. The van der Waals surface area contributed by atoms with Gasteiger partial charge < -0.3 is 25.8 Å². The summed E-state index contributed by atoms with van der Waals surface area (Å²) in [5, 5.41) is 7.60. The minimum atomic E-state index is -0.125. The molecule has 0 radical (unpaired) electrons. The van der Waals surface area contributed by atoms with Gasteiger partial charge in [0.2, 0.25) is 5.96 Å². The van der Waals surface area contributed by atoms with Crippen LogP contribution >= 0.6 is 0 Å². The molecule has 5 N–H and O–H groups in total. The number of guanidine groups is 2. The van der Waals surface area contributed by atoms with Crippen LogP contribution in [0.25, 0.3) is 0 Å². The molecular formula is C8H19N5O2. The standard InChI is InChI=1S/C8H19N5O2/c1-14-5-3-13(4-6-15-2)8(11)12-7(9)10/h3-6H2,1-2H3,(H5,9,10,11,12). The van der Waals surface area contributed by atoms with Crippen LogP contribution in [-0.4, -0.2) is 57.3 Å². The van der Waals surface area contributed by atoms with Crippen LogP contribution in [0.1, 0.15) is 0 Å². The van der Waals surface area contributed by atoms with E-state index in [0.29, 0.717) is 26.3 Å². The van der Waals surface area contributed by atoms with E-state index >= 15 is 0 Å². The second kappa shape index (κ2) is 8.01. The zero-order valence-electron chi connectivity index (χ0n) is 9.19. The van der Waals surface area contributed by atoms with Gasteiger partial charge in [-0.3, -0.25) is 5.41 Å². The maximum absolute atomic E-state index is 7.60. The summed E-state index contributed by atoms with van der Waals surface area (Å²) in [6.45, 7) is 2.11. The second-order valence-corrected chi connectivity index (χ2v) is 2.83. The van der Waals surface area contributed by atoms with Crippen LogP contribution in [0.15, 0.2) is 4.99 Å². The van der Waals surface area contributed by atoms with Gasteiger partial charge in [-0.25, -0.2) is 0 Å². The predicted octanol–water partition coefficient (Wildman–Crippen LogP) is -1.21. The van der Waals surface area contributed by atoms with E-state index < -0.39 is 0 Å². The summed E-state index contributed by atoms with van der Waals surface area (Å²) in [5.41, 5.74) is 10.4. The number of nitrogens with zero attached hydrogens (tertiary/aromatic N) is 2. The lowest BCUT2D eigenvalue weighted by atomic mass is 10.5. The molecule has 0 spiro atoms. The summed E-state index contributed by atoms with van der Waals surface area (Å²) < 4.78 is 9.83. The number of hydrogen-bond donors (Lipinski definition) is 3. The Morgan fingerprint density at radius 3 is 2.00 bits per heavy atom. The van der Waals surface area contributed by atoms with Crippen molar-refractivity contribution in [1.29, 1.82) is 5.41 Å². The molecule has 0 atom stereocenters. The summed E-state index contributed by atoms with van der Waals surface area (Å²) in [7, 11) is 3.19. The molecule has 0 saturated carbocycles. The fourth-order valence-corrected chi connectivity index (χ4v) is 0.920. The van der Waals surface area contributed by atoms with Gasteiger partial charge in [0.1, 0.15) is 0 Å². The van der Waals surface area contributed by atoms with Crippen molar-refractivity contribution >= 4 is 11.9 Å². The smallest absolute Gasteiger partial charge is 0.221 e. The van der Waals surface area contributed by atoms with E-state index in [4.69, 9.17) is 26.4 Å². The number of hydrogen-bond acceptors (Lipinski definition) is 3. The van der Waals surface area contributed by atoms with Crippen molar-refractivity contribution in [3.8, 4) is 0 Å². The summed E-state index contributed by atoms with van der Waals surface area (Å²) in [6, 6.07) is 0. The van der Waals surface area contributed by atoms with E-state index in [0.717, 1.165) is 0 Å². The van der Waals surface area contributed by atoms with E-state index in [-0.39, 0.29) is 11.9 Å². The van der Waals surface area contributed by atoms with E-state index in [1.165, 1.54) is 0 Å². The molecule has 0 aliphatic carbocycles. The van der Waals surface area contributed by atoms with Crippen molar-refractivity contribution in [2.24, 2.45) is 16.5 Å². The maximum Gasteiger partial charge on any atom is 0.221 e. The highest BCUT2D eigenvalue weighted by Crippen LogP contribution is 1.92. The summed E-state index contributed by atoms with van der Waals surface area (Å²) in [5.74, 6) is -0.107. The molecule has 15 heavy (non-hydrogen) atoms. The van der Waals surface area contributed by atoms with Gasteiger partial charge in [-0.15, -0.1) is 0 Å². The van der Waals surface area contributed by atoms with Gasteiger partial charge in [-0.2, -0.15) is 4.99 Å². The topological polar surface area (TPSA) is 110 Å². The first kappa shape index (κ1) is 13.7. The quantitative estimate of drug-likeness (QED) is 0.382. The van der Waals surface area contributed by atoms with Gasteiger partial charge in [-0.05, 0) is 0 Å². The highest BCUT2D eigenvalue weighted by atomic mass is 16.5. The molecule has 0 aromatic rings. The van der Waals surface area contributed by atoms with Gasteiger partial charge >= 0.3 is 0 Å². The molecule has 0 aliphatic heterocycles.